The van der Waals surface area contributed by atoms with Gasteiger partial charge in [-0.3, -0.25) is 4.79 Å². The normalized spacial score (nSPS) is 22.0. The van der Waals surface area contributed by atoms with E-state index in [1.165, 1.54) is 0 Å². The molecular formula is C11H14O. The molecule has 0 heterocycles. The van der Waals surface area contributed by atoms with Gasteiger partial charge in [-0.05, 0) is 17.4 Å². The number of hydrogen-bond donors (Lipinski definition) is 0. The Bertz CT molecular complexity index is 279. The highest BCUT2D eigenvalue weighted by Gasteiger charge is 2.27. The third-order valence-corrected chi connectivity index (χ3v) is 2.02. The first kappa shape index (κ1) is 8.98. The standard InChI is InChI=1S/C11H14O/c1-5-9-7-11(3,4)6-8(2)10(9)12/h5,7H,1-2,6H2,3-4H3. The monoisotopic (exact) mass is 162 g/mol. The first-order valence-electron chi connectivity index (χ1n) is 4.04. The number of hydrogen-bond acceptors (Lipinski definition) is 1. The van der Waals surface area contributed by atoms with Gasteiger partial charge in [0.1, 0.15) is 0 Å². The van der Waals surface area contributed by atoms with Crippen molar-refractivity contribution in [3.05, 3.63) is 36.5 Å². The van der Waals surface area contributed by atoms with E-state index in [0.29, 0.717) is 11.1 Å². The molecule has 0 atom stereocenters. The Balaban J connectivity index is 3.12. The molecule has 0 aromatic heterocycles. The minimum absolute atomic E-state index is 0.0457. The van der Waals surface area contributed by atoms with Crippen LogP contribution in [0.2, 0.25) is 0 Å². The van der Waals surface area contributed by atoms with E-state index < -0.39 is 0 Å². The number of Topliss-reactive ketones (excluding diaryl/α,β-unsaturated/α-hetero) is 1. The Labute approximate surface area is 73.5 Å². The zero-order chi connectivity index (χ0) is 9.35. The van der Waals surface area contributed by atoms with Crippen LogP contribution < -0.4 is 0 Å². The number of carbonyl (C=O) groups excluding carboxylic acids is 1. The fourth-order valence-electron chi connectivity index (χ4n) is 1.52. The smallest absolute Gasteiger partial charge is 0.188 e. The topological polar surface area (TPSA) is 17.1 Å². The highest BCUT2D eigenvalue weighted by atomic mass is 16.1. The Morgan fingerprint density at radius 2 is 2.17 bits per heavy atom. The lowest BCUT2D eigenvalue weighted by atomic mass is 9.77. The maximum atomic E-state index is 11.4. The van der Waals surface area contributed by atoms with Gasteiger partial charge < -0.3 is 0 Å². The third kappa shape index (κ3) is 1.55. The summed E-state index contributed by atoms with van der Waals surface area (Å²) in [6.07, 6.45) is 4.33. The van der Waals surface area contributed by atoms with Crippen LogP contribution in [0.1, 0.15) is 20.3 Å². The lowest BCUT2D eigenvalue weighted by Crippen LogP contribution is -2.21. The highest BCUT2D eigenvalue weighted by molar-refractivity contribution is 6.10. The molecule has 0 spiro atoms. The molecule has 0 amide bonds. The summed E-state index contributed by atoms with van der Waals surface area (Å²) in [6.45, 7) is 11.5. The lowest BCUT2D eigenvalue weighted by Gasteiger charge is -2.26. The van der Waals surface area contributed by atoms with Crippen molar-refractivity contribution < 1.29 is 4.79 Å². The molecule has 12 heavy (non-hydrogen) atoms. The van der Waals surface area contributed by atoms with Crippen LogP contribution in [0.25, 0.3) is 0 Å². The van der Waals surface area contributed by atoms with Crippen LogP contribution >= 0.6 is 0 Å². The van der Waals surface area contributed by atoms with Crippen LogP contribution in [0.4, 0.5) is 0 Å². The van der Waals surface area contributed by atoms with Gasteiger partial charge in [-0.15, -0.1) is 0 Å². The zero-order valence-electron chi connectivity index (χ0n) is 7.68. The predicted octanol–water partition coefficient (Wildman–Crippen LogP) is 2.65. The summed E-state index contributed by atoms with van der Waals surface area (Å²) in [6, 6.07) is 0. The molecule has 0 unspecified atom stereocenters. The fourth-order valence-corrected chi connectivity index (χ4v) is 1.52. The number of ketones is 1. The summed E-state index contributed by atoms with van der Waals surface area (Å²) in [7, 11) is 0. The Morgan fingerprint density at radius 3 is 2.67 bits per heavy atom. The van der Waals surface area contributed by atoms with E-state index in [-0.39, 0.29) is 11.2 Å². The van der Waals surface area contributed by atoms with E-state index in [9.17, 15) is 4.79 Å². The van der Waals surface area contributed by atoms with Gasteiger partial charge in [0, 0.05) is 5.57 Å². The first-order valence-corrected chi connectivity index (χ1v) is 4.04. The number of allylic oxidation sites excluding steroid dienone is 4. The maximum Gasteiger partial charge on any atom is 0.188 e. The second kappa shape index (κ2) is 2.74. The molecule has 64 valence electrons. The molecule has 0 aliphatic heterocycles. The van der Waals surface area contributed by atoms with E-state index in [2.05, 4.69) is 27.0 Å². The molecule has 0 N–H and O–H groups in total. The summed E-state index contributed by atoms with van der Waals surface area (Å²) in [5, 5.41) is 0. The van der Waals surface area contributed by atoms with Crippen LogP contribution in [0.5, 0.6) is 0 Å². The van der Waals surface area contributed by atoms with E-state index in [0.717, 1.165) is 6.42 Å². The van der Waals surface area contributed by atoms with Crippen molar-refractivity contribution in [3.63, 3.8) is 0 Å². The molecule has 1 heteroatoms. The quantitative estimate of drug-likeness (QED) is 0.542. The van der Waals surface area contributed by atoms with Gasteiger partial charge in [0.05, 0.1) is 0 Å². The molecule has 0 saturated carbocycles. The fraction of sp³-hybridized carbons (Fsp3) is 0.364. The van der Waals surface area contributed by atoms with E-state index >= 15 is 0 Å². The summed E-state index contributed by atoms with van der Waals surface area (Å²) in [5.41, 5.74) is 1.43. The van der Waals surface area contributed by atoms with Gasteiger partial charge in [0.2, 0.25) is 0 Å². The van der Waals surface area contributed by atoms with Gasteiger partial charge in [0.25, 0.3) is 0 Å². The molecule has 0 aromatic carbocycles. The van der Waals surface area contributed by atoms with Crippen LogP contribution in [-0.2, 0) is 4.79 Å². The minimum Gasteiger partial charge on any atom is -0.289 e. The van der Waals surface area contributed by atoms with Crippen molar-refractivity contribution in [1.82, 2.24) is 0 Å². The minimum atomic E-state index is 0.0457. The molecule has 1 nitrogen and oxygen atoms in total. The lowest BCUT2D eigenvalue weighted by molar-refractivity contribution is -0.112. The molecular weight excluding hydrogens is 148 g/mol. The third-order valence-electron chi connectivity index (χ3n) is 2.02. The molecule has 1 rings (SSSR count). The Kier molecular flexibility index (Phi) is 2.05. The van der Waals surface area contributed by atoms with Crippen molar-refractivity contribution in [2.75, 3.05) is 0 Å². The number of carbonyl (C=O) groups is 1. The second-order valence-electron chi connectivity index (χ2n) is 3.90. The van der Waals surface area contributed by atoms with Crippen molar-refractivity contribution in [3.8, 4) is 0 Å². The average molecular weight is 162 g/mol. The van der Waals surface area contributed by atoms with Gasteiger partial charge >= 0.3 is 0 Å². The average Bonchev–Trinajstić information content (AvgIpc) is 1.96. The largest absolute Gasteiger partial charge is 0.289 e. The van der Waals surface area contributed by atoms with Crippen LogP contribution in [0.15, 0.2) is 36.5 Å². The SMILES string of the molecule is C=CC1=CC(C)(C)CC(=C)C1=O. The summed E-state index contributed by atoms with van der Waals surface area (Å²) >= 11 is 0. The molecule has 0 bridgehead atoms. The highest BCUT2D eigenvalue weighted by Crippen LogP contribution is 2.33. The Morgan fingerprint density at radius 1 is 1.58 bits per heavy atom. The molecule has 1 aliphatic rings. The van der Waals surface area contributed by atoms with E-state index in [1.807, 2.05) is 6.08 Å². The maximum absolute atomic E-state index is 11.4. The van der Waals surface area contributed by atoms with Crippen molar-refractivity contribution in [2.24, 2.45) is 5.41 Å². The zero-order valence-corrected chi connectivity index (χ0v) is 7.68. The van der Waals surface area contributed by atoms with Crippen molar-refractivity contribution >= 4 is 5.78 Å². The molecule has 0 fully saturated rings. The molecule has 1 aliphatic carbocycles. The Hall–Kier alpha value is -1.11. The van der Waals surface area contributed by atoms with Gasteiger partial charge in [0.15, 0.2) is 5.78 Å². The van der Waals surface area contributed by atoms with Crippen LogP contribution in [0, 0.1) is 5.41 Å². The molecule has 0 aromatic rings. The molecule has 0 radical (unpaired) electrons. The summed E-state index contributed by atoms with van der Waals surface area (Å²) in [4.78, 5) is 11.4. The first-order chi connectivity index (χ1) is 5.46. The summed E-state index contributed by atoms with van der Waals surface area (Å²) < 4.78 is 0. The number of rotatable bonds is 1. The van der Waals surface area contributed by atoms with Crippen LogP contribution in [-0.4, -0.2) is 5.78 Å². The van der Waals surface area contributed by atoms with Gasteiger partial charge in [-0.1, -0.05) is 39.2 Å². The van der Waals surface area contributed by atoms with E-state index in [4.69, 9.17) is 0 Å². The summed E-state index contributed by atoms with van der Waals surface area (Å²) in [5.74, 6) is 0.0457. The van der Waals surface area contributed by atoms with Gasteiger partial charge in [-0.2, -0.15) is 0 Å². The van der Waals surface area contributed by atoms with Crippen LogP contribution in [0.3, 0.4) is 0 Å². The second-order valence-corrected chi connectivity index (χ2v) is 3.90. The molecule has 0 saturated heterocycles. The van der Waals surface area contributed by atoms with Crippen molar-refractivity contribution in [2.45, 2.75) is 20.3 Å². The predicted molar refractivity (Wildman–Crippen MR) is 50.8 cm³/mol. The van der Waals surface area contributed by atoms with Crippen molar-refractivity contribution in [1.29, 1.82) is 0 Å². The van der Waals surface area contributed by atoms with E-state index in [1.54, 1.807) is 6.08 Å². The van der Waals surface area contributed by atoms with Gasteiger partial charge in [-0.25, -0.2) is 0 Å².